The number of likely N-dealkylation sites (tertiary alicyclic amines) is 1. The number of nitrogens with one attached hydrogen (secondary N) is 1. The second-order valence-corrected chi connectivity index (χ2v) is 6.45. The first kappa shape index (κ1) is 16.0. The molecular weight excluding hydrogens is 248 g/mol. The third kappa shape index (κ3) is 4.87. The summed E-state index contributed by atoms with van der Waals surface area (Å²) < 4.78 is 0. The van der Waals surface area contributed by atoms with Crippen molar-refractivity contribution in [1.29, 1.82) is 0 Å². The molecular formula is C17H32N2O. The molecule has 0 amide bonds. The van der Waals surface area contributed by atoms with Crippen LogP contribution in [0.25, 0.3) is 0 Å². The third-order valence-corrected chi connectivity index (χ3v) is 4.97. The van der Waals surface area contributed by atoms with E-state index in [1.54, 1.807) is 0 Å². The zero-order chi connectivity index (χ0) is 14.2. The minimum absolute atomic E-state index is 0.234. The largest absolute Gasteiger partial charge is 0.395 e. The van der Waals surface area contributed by atoms with Crippen molar-refractivity contribution in [1.82, 2.24) is 10.2 Å². The predicted octanol–water partition coefficient (Wildman–Crippen LogP) is 2.70. The maximum absolute atomic E-state index is 9.43. The molecule has 0 aromatic heterocycles. The van der Waals surface area contributed by atoms with Gasteiger partial charge < -0.3 is 15.3 Å². The molecule has 0 spiro atoms. The van der Waals surface area contributed by atoms with Gasteiger partial charge >= 0.3 is 0 Å². The van der Waals surface area contributed by atoms with E-state index < -0.39 is 0 Å². The molecule has 1 heterocycles. The Bertz CT molecular complexity index is 279. The third-order valence-electron chi connectivity index (χ3n) is 4.97. The van der Waals surface area contributed by atoms with Gasteiger partial charge in [0.1, 0.15) is 0 Å². The number of aliphatic hydroxyl groups excluding tert-OH is 1. The Kier molecular flexibility index (Phi) is 7.05. The van der Waals surface area contributed by atoms with Gasteiger partial charge in [0, 0.05) is 18.1 Å². The van der Waals surface area contributed by atoms with Gasteiger partial charge in [0.25, 0.3) is 0 Å². The van der Waals surface area contributed by atoms with Crippen LogP contribution in [-0.4, -0.2) is 47.8 Å². The lowest BCUT2D eigenvalue weighted by molar-refractivity contribution is 0.109. The van der Waals surface area contributed by atoms with E-state index in [1.807, 2.05) is 6.92 Å². The van der Waals surface area contributed by atoms with Crippen LogP contribution >= 0.6 is 0 Å². The van der Waals surface area contributed by atoms with E-state index in [9.17, 15) is 5.11 Å². The second-order valence-electron chi connectivity index (χ2n) is 6.45. The van der Waals surface area contributed by atoms with Crippen molar-refractivity contribution in [2.75, 3.05) is 19.7 Å². The van der Waals surface area contributed by atoms with Crippen LogP contribution in [0, 0.1) is 0 Å². The fourth-order valence-electron chi connectivity index (χ4n) is 3.71. The molecule has 3 nitrogen and oxygen atoms in total. The molecule has 0 aromatic carbocycles. The summed E-state index contributed by atoms with van der Waals surface area (Å²) in [5.41, 5.74) is 0. The lowest BCUT2D eigenvalue weighted by atomic mass is 9.92. The van der Waals surface area contributed by atoms with E-state index in [-0.39, 0.29) is 12.6 Å². The molecule has 20 heavy (non-hydrogen) atoms. The van der Waals surface area contributed by atoms with Crippen LogP contribution in [0.3, 0.4) is 0 Å². The molecule has 2 rings (SSSR count). The summed E-state index contributed by atoms with van der Waals surface area (Å²) in [7, 11) is 0. The fraction of sp³-hybridized carbons (Fsp3) is 0.882. The van der Waals surface area contributed by atoms with Gasteiger partial charge in [0.15, 0.2) is 0 Å². The standard InChI is InChI=1S/C17H32N2O/c1-2-3-7-16(14-20)18-15-10-12-19(13-11-15)17-8-5-4-6-9-17/h2-3,15-18,20H,4-14H2,1H3. The SMILES string of the molecule is CC=CCC(CO)NC1CCN(C2CCCCC2)CC1. The van der Waals surface area contributed by atoms with Crippen LogP contribution in [0.2, 0.25) is 0 Å². The molecule has 1 saturated heterocycles. The average Bonchev–Trinajstić information content (AvgIpc) is 2.53. The molecule has 1 aliphatic carbocycles. The lowest BCUT2D eigenvalue weighted by Crippen LogP contribution is -2.50. The zero-order valence-electron chi connectivity index (χ0n) is 13.1. The fourth-order valence-corrected chi connectivity index (χ4v) is 3.71. The summed E-state index contributed by atoms with van der Waals surface area (Å²) in [6.07, 6.45) is 14.8. The van der Waals surface area contributed by atoms with Crippen molar-refractivity contribution in [3.05, 3.63) is 12.2 Å². The molecule has 116 valence electrons. The Morgan fingerprint density at radius 2 is 1.85 bits per heavy atom. The molecule has 1 atom stereocenters. The van der Waals surface area contributed by atoms with E-state index in [1.165, 1.54) is 58.0 Å². The normalized spacial score (nSPS) is 25.3. The number of allylic oxidation sites excluding steroid dienone is 1. The molecule has 0 aromatic rings. The molecule has 2 N–H and O–H groups in total. The van der Waals surface area contributed by atoms with Gasteiger partial charge in [-0.15, -0.1) is 0 Å². The van der Waals surface area contributed by atoms with Crippen molar-refractivity contribution in [2.24, 2.45) is 0 Å². The van der Waals surface area contributed by atoms with E-state index in [4.69, 9.17) is 0 Å². The topological polar surface area (TPSA) is 35.5 Å². The number of nitrogens with zero attached hydrogens (tertiary/aromatic N) is 1. The van der Waals surface area contributed by atoms with Gasteiger partial charge in [-0.25, -0.2) is 0 Å². The number of hydrogen-bond acceptors (Lipinski definition) is 3. The van der Waals surface area contributed by atoms with Crippen LogP contribution in [0.4, 0.5) is 0 Å². The molecule has 0 radical (unpaired) electrons. The average molecular weight is 280 g/mol. The molecule has 2 aliphatic rings. The summed E-state index contributed by atoms with van der Waals surface area (Å²) in [6, 6.07) is 1.69. The summed E-state index contributed by atoms with van der Waals surface area (Å²) in [4.78, 5) is 2.72. The Balaban J connectivity index is 1.70. The van der Waals surface area contributed by atoms with E-state index in [2.05, 4.69) is 22.4 Å². The van der Waals surface area contributed by atoms with Gasteiger partial charge in [-0.3, -0.25) is 0 Å². The molecule has 3 heteroatoms. The Morgan fingerprint density at radius 3 is 2.45 bits per heavy atom. The minimum atomic E-state index is 0.234. The van der Waals surface area contributed by atoms with Crippen LogP contribution in [0.1, 0.15) is 58.3 Å². The van der Waals surface area contributed by atoms with E-state index in [0.717, 1.165) is 12.5 Å². The summed E-state index contributed by atoms with van der Waals surface area (Å²) in [5, 5.41) is 13.1. The van der Waals surface area contributed by atoms with E-state index >= 15 is 0 Å². The first-order valence-corrected chi connectivity index (χ1v) is 8.55. The van der Waals surface area contributed by atoms with E-state index in [0.29, 0.717) is 6.04 Å². The lowest BCUT2D eigenvalue weighted by Gasteiger charge is -2.40. The van der Waals surface area contributed by atoms with Crippen LogP contribution in [0.5, 0.6) is 0 Å². The minimum Gasteiger partial charge on any atom is -0.395 e. The maximum atomic E-state index is 9.43. The van der Waals surface area contributed by atoms with Gasteiger partial charge in [0.05, 0.1) is 6.61 Å². The first-order chi connectivity index (χ1) is 9.83. The monoisotopic (exact) mass is 280 g/mol. The van der Waals surface area contributed by atoms with Crippen LogP contribution in [0.15, 0.2) is 12.2 Å². The highest BCUT2D eigenvalue weighted by atomic mass is 16.3. The highest BCUT2D eigenvalue weighted by Gasteiger charge is 2.26. The number of rotatable bonds is 6. The Morgan fingerprint density at radius 1 is 1.15 bits per heavy atom. The van der Waals surface area contributed by atoms with Crippen molar-refractivity contribution < 1.29 is 5.11 Å². The van der Waals surface area contributed by atoms with Crippen molar-refractivity contribution >= 4 is 0 Å². The first-order valence-electron chi connectivity index (χ1n) is 8.55. The van der Waals surface area contributed by atoms with Crippen molar-refractivity contribution in [3.8, 4) is 0 Å². The molecule has 1 unspecified atom stereocenters. The summed E-state index contributed by atoms with van der Waals surface area (Å²) in [5.74, 6) is 0. The van der Waals surface area contributed by atoms with Gasteiger partial charge in [0.2, 0.25) is 0 Å². The molecule has 2 fully saturated rings. The predicted molar refractivity (Wildman–Crippen MR) is 84.9 cm³/mol. The highest BCUT2D eigenvalue weighted by Crippen LogP contribution is 2.25. The van der Waals surface area contributed by atoms with Crippen molar-refractivity contribution in [2.45, 2.75) is 76.4 Å². The Labute approximate surface area is 124 Å². The molecule has 1 aliphatic heterocycles. The molecule has 0 bridgehead atoms. The smallest absolute Gasteiger partial charge is 0.0587 e. The van der Waals surface area contributed by atoms with Crippen LogP contribution < -0.4 is 5.32 Å². The number of piperidine rings is 1. The number of aliphatic hydroxyl groups is 1. The van der Waals surface area contributed by atoms with Crippen molar-refractivity contribution in [3.63, 3.8) is 0 Å². The van der Waals surface area contributed by atoms with Gasteiger partial charge in [-0.05, 0) is 52.1 Å². The quantitative estimate of drug-likeness (QED) is 0.734. The second kappa shape index (κ2) is 8.81. The zero-order valence-corrected chi connectivity index (χ0v) is 13.1. The summed E-state index contributed by atoms with van der Waals surface area (Å²) in [6.45, 7) is 4.76. The van der Waals surface area contributed by atoms with Gasteiger partial charge in [-0.1, -0.05) is 31.4 Å². The highest BCUT2D eigenvalue weighted by molar-refractivity contribution is 4.88. The van der Waals surface area contributed by atoms with Gasteiger partial charge in [-0.2, -0.15) is 0 Å². The summed E-state index contributed by atoms with van der Waals surface area (Å²) >= 11 is 0. The maximum Gasteiger partial charge on any atom is 0.0587 e. The Hall–Kier alpha value is -0.380. The molecule has 1 saturated carbocycles. The van der Waals surface area contributed by atoms with Crippen LogP contribution in [-0.2, 0) is 0 Å². The number of hydrogen-bond donors (Lipinski definition) is 2.